The SMILES string of the molecule is C[C@H](CC(=O)C[C@@H](CC(=O)O)C(=O)O)[C@H](/C=C/c1ccc2ccccc2c1)Cc1ccc(Cl)c(Cl)c1. The van der Waals surface area contributed by atoms with E-state index in [0.717, 1.165) is 21.9 Å². The van der Waals surface area contributed by atoms with Crippen molar-refractivity contribution in [2.24, 2.45) is 17.8 Å². The summed E-state index contributed by atoms with van der Waals surface area (Å²) in [5.74, 6) is -4.19. The second-order valence-electron chi connectivity index (χ2n) is 9.14. The number of benzene rings is 3. The van der Waals surface area contributed by atoms with Crippen LogP contribution in [-0.2, 0) is 20.8 Å². The van der Waals surface area contributed by atoms with Gasteiger partial charge in [0.25, 0.3) is 0 Å². The van der Waals surface area contributed by atoms with Crippen molar-refractivity contribution in [2.45, 2.75) is 32.6 Å². The highest BCUT2D eigenvalue weighted by atomic mass is 35.5. The van der Waals surface area contributed by atoms with Gasteiger partial charge in [0, 0.05) is 12.8 Å². The number of ketones is 1. The van der Waals surface area contributed by atoms with Crippen molar-refractivity contribution in [3.63, 3.8) is 0 Å². The Balaban J connectivity index is 1.80. The Morgan fingerprint density at radius 2 is 1.58 bits per heavy atom. The van der Waals surface area contributed by atoms with E-state index in [2.05, 4.69) is 30.3 Å². The summed E-state index contributed by atoms with van der Waals surface area (Å²) in [6.07, 6.45) is 3.95. The van der Waals surface area contributed by atoms with E-state index in [1.165, 1.54) is 0 Å². The number of allylic oxidation sites excluding steroid dienone is 1. The molecule has 36 heavy (non-hydrogen) atoms. The number of carbonyl (C=O) groups is 3. The molecule has 0 heterocycles. The molecule has 0 unspecified atom stereocenters. The first kappa shape index (κ1) is 27.4. The summed E-state index contributed by atoms with van der Waals surface area (Å²) in [5, 5.41) is 21.4. The molecule has 3 aromatic rings. The van der Waals surface area contributed by atoms with E-state index >= 15 is 0 Å². The number of hydrogen-bond donors (Lipinski definition) is 2. The van der Waals surface area contributed by atoms with Crippen LogP contribution in [0.4, 0.5) is 0 Å². The lowest BCUT2D eigenvalue weighted by Gasteiger charge is -2.22. The van der Waals surface area contributed by atoms with E-state index in [0.29, 0.717) is 16.5 Å². The maximum atomic E-state index is 12.7. The Kier molecular flexibility index (Phi) is 9.68. The van der Waals surface area contributed by atoms with Crippen LogP contribution in [0.3, 0.4) is 0 Å². The largest absolute Gasteiger partial charge is 0.481 e. The molecule has 0 saturated heterocycles. The molecule has 7 heteroatoms. The molecule has 3 atom stereocenters. The molecule has 0 radical (unpaired) electrons. The number of carbonyl (C=O) groups excluding carboxylic acids is 1. The third-order valence-corrected chi connectivity index (χ3v) is 7.03. The normalized spacial score (nSPS) is 14.0. The van der Waals surface area contributed by atoms with Crippen LogP contribution in [-0.4, -0.2) is 27.9 Å². The number of fused-ring (bicyclic) bond motifs is 1. The first-order valence-corrected chi connectivity index (χ1v) is 12.4. The second-order valence-corrected chi connectivity index (χ2v) is 9.95. The van der Waals surface area contributed by atoms with Gasteiger partial charge in [0.15, 0.2) is 0 Å². The van der Waals surface area contributed by atoms with Crippen LogP contribution in [0.1, 0.15) is 37.3 Å². The lowest BCUT2D eigenvalue weighted by atomic mass is 9.82. The summed E-state index contributed by atoms with van der Waals surface area (Å²) in [4.78, 5) is 35.1. The van der Waals surface area contributed by atoms with E-state index in [9.17, 15) is 19.5 Å². The van der Waals surface area contributed by atoms with Crippen molar-refractivity contribution in [3.05, 3.63) is 87.9 Å². The zero-order valence-electron chi connectivity index (χ0n) is 19.9. The van der Waals surface area contributed by atoms with Crippen molar-refractivity contribution in [2.75, 3.05) is 0 Å². The molecular formula is C29H28Cl2O5. The number of rotatable bonds is 12. The minimum Gasteiger partial charge on any atom is -0.481 e. The van der Waals surface area contributed by atoms with Gasteiger partial charge in [0.05, 0.1) is 22.4 Å². The average Bonchev–Trinajstić information content (AvgIpc) is 2.82. The van der Waals surface area contributed by atoms with Gasteiger partial charge in [-0.2, -0.15) is 0 Å². The van der Waals surface area contributed by atoms with Gasteiger partial charge in [0.2, 0.25) is 0 Å². The van der Waals surface area contributed by atoms with Crippen molar-refractivity contribution in [1.29, 1.82) is 0 Å². The Hall–Kier alpha value is -3.15. The molecule has 0 fully saturated rings. The number of Topliss-reactive ketones (excluding diaryl/α,β-unsaturated/α-hetero) is 1. The highest BCUT2D eigenvalue weighted by molar-refractivity contribution is 6.42. The molecule has 0 saturated carbocycles. The lowest BCUT2D eigenvalue weighted by molar-refractivity contribution is -0.149. The van der Waals surface area contributed by atoms with Gasteiger partial charge in [-0.15, -0.1) is 0 Å². The molecule has 0 spiro atoms. The van der Waals surface area contributed by atoms with E-state index < -0.39 is 24.3 Å². The van der Waals surface area contributed by atoms with Crippen LogP contribution in [0.25, 0.3) is 16.8 Å². The van der Waals surface area contributed by atoms with Gasteiger partial charge in [-0.05, 0) is 58.4 Å². The third kappa shape index (κ3) is 7.94. The minimum absolute atomic E-state index is 0.0552. The molecule has 2 N–H and O–H groups in total. The Morgan fingerprint density at radius 3 is 2.25 bits per heavy atom. The van der Waals surface area contributed by atoms with Gasteiger partial charge >= 0.3 is 11.9 Å². The quantitative estimate of drug-likeness (QED) is 0.260. The highest BCUT2D eigenvalue weighted by Gasteiger charge is 2.26. The lowest BCUT2D eigenvalue weighted by Crippen LogP contribution is -2.23. The van der Waals surface area contributed by atoms with Crippen molar-refractivity contribution in [1.82, 2.24) is 0 Å². The molecule has 0 aromatic heterocycles. The molecule has 3 aromatic carbocycles. The summed E-state index contributed by atoms with van der Waals surface area (Å²) in [6, 6.07) is 19.7. The molecule has 0 aliphatic heterocycles. The molecular weight excluding hydrogens is 499 g/mol. The van der Waals surface area contributed by atoms with Crippen LogP contribution in [0.15, 0.2) is 66.7 Å². The molecule has 5 nitrogen and oxygen atoms in total. The number of aliphatic carboxylic acids is 2. The Bertz CT molecular complexity index is 1280. The Labute approximate surface area is 220 Å². The van der Waals surface area contributed by atoms with Gasteiger partial charge in [-0.25, -0.2) is 0 Å². The first-order chi connectivity index (χ1) is 17.1. The van der Waals surface area contributed by atoms with Gasteiger partial charge < -0.3 is 10.2 Å². The molecule has 188 valence electrons. The standard InChI is InChI=1S/C29H28Cl2O5/c1-18(12-25(32)16-24(29(35)36)17-28(33)34)22(14-20-8-11-26(30)27(31)15-20)10-7-19-6-9-21-4-2-3-5-23(21)13-19/h2-11,13,15,18,22,24H,12,14,16-17H2,1H3,(H,33,34)(H,35,36)/b10-7+/t18-,22-,24+/m1/s1. The van der Waals surface area contributed by atoms with Crippen LogP contribution in [0.5, 0.6) is 0 Å². The van der Waals surface area contributed by atoms with Gasteiger partial charge in [-0.3, -0.25) is 14.4 Å². The minimum atomic E-state index is -1.28. The van der Waals surface area contributed by atoms with Crippen LogP contribution < -0.4 is 0 Å². The van der Waals surface area contributed by atoms with E-state index in [1.807, 2.05) is 43.3 Å². The van der Waals surface area contributed by atoms with Crippen molar-refractivity contribution < 1.29 is 24.6 Å². The summed E-state index contributed by atoms with van der Waals surface area (Å²) >= 11 is 12.3. The maximum absolute atomic E-state index is 12.7. The monoisotopic (exact) mass is 526 g/mol. The molecule has 0 aliphatic rings. The summed E-state index contributed by atoms with van der Waals surface area (Å²) in [6.45, 7) is 1.94. The average molecular weight is 527 g/mol. The fourth-order valence-corrected chi connectivity index (χ4v) is 4.59. The summed E-state index contributed by atoms with van der Waals surface area (Å²) < 4.78 is 0. The zero-order valence-corrected chi connectivity index (χ0v) is 21.4. The summed E-state index contributed by atoms with van der Waals surface area (Å²) in [5.41, 5.74) is 1.99. The van der Waals surface area contributed by atoms with Crippen LogP contribution in [0.2, 0.25) is 10.0 Å². The van der Waals surface area contributed by atoms with E-state index in [1.54, 1.807) is 6.07 Å². The zero-order chi connectivity index (χ0) is 26.2. The van der Waals surface area contributed by atoms with Gasteiger partial charge in [-0.1, -0.05) is 84.7 Å². The number of carboxylic acid groups (broad SMARTS) is 2. The smallest absolute Gasteiger partial charge is 0.307 e. The summed E-state index contributed by atoms with van der Waals surface area (Å²) in [7, 11) is 0. The van der Waals surface area contributed by atoms with Crippen molar-refractivity contribution >= 4 is 57.8 Å². The highest BCUT2D eigenvalue weighted by Crippen LogP contribution is 2.29. The van der Waals surface area contributed by atoms with Crippen molar-refractivity contribution in [3.8, 4) is 0 Å². The van der Waals surface area contributed by atoms with Crippen LogP contribution in [0, 0.1) is 17.8 Å². The topological polar surface area (TPSA) is 91.7 Å². The fourth-order valence-electron chi connectivity index (χ4n) is 4.27. The maximum Gasteiger partial charge on any atom is 0.307 e. The van der Waals surface area contributed by atoms with E-state index in [-0.39, 0.29) is 30.5 Å². The molecule has 3 rings (SSSR count). The molecule has 0 bridgehead atoms. The van der Waals surface area contributed by atoms with E-state index in [4.69, 9.17) is 28.3 Å². The third-order valence-electron chi connectivity index (χ3n) is 6.29. The fraction of sp³-hybridized carbons (Fsp3) is 0.276. The molecule has 0 aliphatic carbocycles. The first-order valence-electron chi connectivity index (χ1n) is 11.7. The predicted octanol–water partition coefficient (Wildman–Crippen LogP) is 7.18. The second kappa shape index (κ2) is 12.7. The van der Waals surface area contributed by atoms with Gasteiger partial charge in [0.1, 0.15) is 5.78 Å². The number of carboxylic acids is 2. The van der Waals surface area contributed by atoms with Crippen LogP contribution >= 0.6 is 23.2 Å². The number of halogens is 2. The number of hydrogen-bond acceptors (Lipinski definition) is 3. The Morgan fingerprint density at radius 1 is 0.861 bits per heavy atom. The predicted molar refractivity (Wildman–Crippen MR) is 143 cm³/mol. The molecule has 0 amide bonds.